The molecule has 0 saturated heterocycles. The second-order valence-corrected chi connectivity index (χ2v) is 2.85. The van der Waals surface area contributed by atoms with E-state index < -0.39 is 0 Å². The Bertz CT molecular complexity index is 81.8. The van der Waals surface area contributed by atoms with Gasteiger partial charge in [0.15, 0.2) is 0 Å². The van der Waals surface area contributed by atoms with Crippen molar-refractivity contribution in [2.75, 3.05) is 33.5 Å². The third kappa shape index (κ3) is 6.58. The Labute approximate surface area is 74.7 Å². The van der Waals surface area contributed by atoms with E-state index in [1.165, 1.54) is 0 Å². The van der Waals surface area contributed by atoms with Crippen LogP contribution in [0.5, 0.6) is 0 Å². The lowest BCUT2D eigenvalue weighted by atomic mass is 10.1. The summed E-state index contributed by atoms with van der Waals surface area (Å²) >= 11 is 0. The molecule has 0 aliphatic rings. The Kier molecular flexibility index (Phi) is 8.88. The predicted molar refractivity (Wildman–Crippen MR) is 48.2 cm³/mol. The minimum absolute atomic E-state index is 0.268. The first-order valence-electron chi connectivity index (χ1n) is 4.52. The second-order valence-electron chi connectivity index (χ2n) is 2.85. The molecule has 1 atom stereocenters. The Hall–Kier alpha value is -0.120. The van der Waals surface area contributed by atoms with E-state index in [-0.39, 0.29) is 6.61 Å². The molecule has 0 fully saturated rings. The highest BCUT2D eigenvalue weighted by atomic mass is 16.5. The molecular formula is C9H20O3. The summed E-state index contributed by atoms with van der Waals surface area (Å²) in [5.74, 6) is 0.396. The summed E-state index contributed by atoms with van der Waals surface area (Å²) in [6.07, 6.45) is 1.96. The number of aliphatic hydroxyl groups excluding tert-OH is 1. The molecule has 0 rings (SSSR count). The van der Waals surface area contributed by atoms with E-state index in [0.29, 0.717) is 19.1 Å². The summed E-state index contributed by atoms with van der Waals surface area (Å²) in [7, 11) is 1.66. The maximum Gasteiger partial charge on any atom is 0.0700 e. The molecule has 0 heterocycles. The summed E-state index contributed by atoms with van der Waals surface area (Å²) in [5, 5.41) is 8.85. The van der Waals surface area contributed by atoms with Gasteiger partial charge >= 0.3 is 0 Å². The van der Waals surface area contributed by atoms with Gasteiger partial charge < -0.3 is 14.6 Å². The van der Waals surface area contributed by atoms with Crippen LogP contribution in [0, 0.1) is 5.92 Å². The van der Waals surface area contributed by atoms with Gasteiger partial charge in [-0.05, 0) is 12.3 Å². The average molecular weight is 176 g/mol. The van der Waals surface area contributed by atoms with E-state index in [0.717, 1.165) is 19.4 Å². The van der Waals surface area contributed by atoms with Gasteiger partial charge in [-0.2, -0.15) is 0 Å². The zero-order chi connectivity index (χ0) is 9.23. The second kappa shape index (κ2) is 8.97. The van der Waals surface area contributed by atoms with Crippen molar-refractivity contribution in [1.82, 2.24) is 0 Å². The van der Waals surface area contributed by atoms with Crippen molar-refractivity contribution in [2.24, 2.45) is 5.92 Å². The number of methoxy groups -OCH3 is 1. The molecule has 0 aromatic carbocycles. The van der Waals surface area contributed by atoms with Crippen LogP contribution in [0.3, 0.4) is 0 Å². The number of ether oxygens (including phenoxy) is 2. The van der Waals surface area contributed by atoms with Gasteiger partial charge in [0.05, 0.1) is 13.2 Å². The van der Waals surface area contributed by atoms with Gasteiger partial charge in [-0.1, -0.05) is 13.3 Å². The molecule has 12 heavy (non-hydrogen) atoms. The van der Waals surface area contributed by atoms with Crippen molar-refractivity contribution in [1.29, 1.82) is 0 Å². The molecule has 3 heteroatoms. The van der Waals surface area contributed by atoms with Crippen LogP contribution in [0.2, 0.25) is 0 Å². The van der Waals surface area contributed by atoms with Crippen LogP contribution in [-0.2, 0) is 9.47 Å². The number of aliphatic hydroxyl groups is 1. The van der Waals surface area contributed by atoms with Crippen LogP contribution in [0.25, 0.3) is 0 Å². The Morgan fingerprint density at radius 2 is 2.00 bits per heavy atom. The summed E-state index contributed by atoms with van der Waals surface area (Å²) in [6, 6.07) is 0. The third-order valence-corrected chi connectivity index (χ3v) is 1.94. The number of hydrogen-bond acceptors (Lipinski definition) is 3. The first kappa shape index (κ1) is 11.9. The van der Waals surface area contributed by atoms with Gasteiger partial charge in [0.2, 0.25) is 0 Å². The SMILES string of the molecule is CCC(CO)CCOCCOC. The number of rotatable bonds is 8. The molecule has 3 nitrogen and oxygen atoms in total. The van der Waals surface area contributed by atoms with Crippen LogP contribution in [-0.4, -0.2) is 38.6 Å². The Morgan fingerprint density at radius 1 is 1.25 bits per heavy atom. The summed E-state index contributed by atoms with van der Waals surface area (Å²) in [6.45, 7) is 4.37. The molecular weight excluding hydrogens is 156 g/mol. The molecule has 0 aromatic rings. The van der Waals surface area contributed by atoms with Gasteiger partial charge in [0, 0.05) is 20.3 Å². The monoisotopic (exact) mass is 176 g/mol. The molecule has 0 spiro atoms. The zero-order valence-corrected chi connectivity index (χ0v) is 8.08. The minimum atomic E-state index is 0.268. The smallest absolute Gasteiger partial charge is 0.0700 e. The fraction of sp³-hybridized carbons (Fsp3) is 1.00. The van der Waals surface area contributed by atoms with Crippen molar-refractivity contribution in [3.05, 3.63) is 0 Å². The Balaban J connectivity index is 3.06. The predicted octanol–water partition coefficient (Wildman–Crippen LogP) is 1.06. The van der Waals surface area contributed by atoms with Crippen molar-refractivity contribution >= 4 is 0 Å². The summed E-state index contributed by atoms with van der Waals surface area (Å²) < 4.78 is 10.1. The van der Waals surface area contributed by atoms with E-state index in [2.05, 4.69) is 6.92 Å². The van der Waals surface area contributed by atoms with Gasteiger partial charge in [-0.25, -0.2) is 0 Å². The van der Waals surface area contributed by atoms with Crippen molar-refractivity contribution < 1.29 is 14.6 Å². The van der Waals surface area contributed by atoms with Gasteiger partial charge in [0.1, 0.15) is 0 Å². The lowest BCUT2D eigenvalue weighted by Crippen LogP contribution is -2.10. The van der Waals surface area contributed by atoms with Crippen LogP contribution < -0.4 is 0 Å². The molecule has 74 valence electrons. The molecule has 0 radical (unpaired) electrons. The molecule has 0 amide bonds. The molecule has 0 aromatic heterocycles. The molecule has 0 saturated carbocycles. The van der Waals surface area contributed by atoms with E-state index in [4.69, 9.17) is 14.6 Å². The van der Waals surface area contributed by atoms with E-state index in [1.54, 1.807) is 7.11 Å². The standard InChI is InChI=1S/C9H20O3/c1-3-9(8-10)4-5-12-7-6-11-2/h9-10H,3-8H2,1-2H3. The quantitative estimate of drug-likeness (QED) is 0.562. The number of hydrogen-bond donors (Lipinski definition) is 1. The normalized spacial score (nSPS) is 13.2. The highest BCUT2D eigenvalue weighted by Crippen LogP contribution is 2.06. The van der Waals surface area contributed by atoms with Crippen LogP contribution in [0.1, 0.15) is 19.8 Å². The third-order valence-electron chi connectivity index (χ3n) is 1.94. The van der Waals surface area contributed by atoms with Crippen LogP contribution in [0.15, 0.2) is 0 Å². The Morgan fingerprint density at radius 3 is 2.50 bits per heavy atom. The molecule has 0 aliphatic heterocycles. The van der Waals surface area contributed by atoms with Crippen molar-refractivity contribution in [3.8, 4) is 0 Å². The fourth-order valence-electron chi connectivity index (χ4n) is 0.919. The highest BCUT2D eigenvalue weighted by Gasteiger charge is 2.03. The summed E-state index contributed by atoms with van der Waals surface area (Å²) in [5.41, 5.74) is 0. The summed E-state index contributed by atoms with van der Waals surface area (Å²) in [4.78, 5) is 0. The van der Waals surface area contributed by atoms with Crippen LogP contribution >= 0.6 is 0 Å². The van der Waals surface area contributed by atoms with Gasteiger partial charge in [-0.3, -0.25) is 0 Å². The fourth-order valence-corrected chi connectivity index (χ4v) is 0.919. The average Bonchev–Trinajstić information content (AvgIpc) is 2.11. The first-order valence-corrected chi connectivity index (χ1v) is 4.52. The van der Waals surface area contributed by atoms with Crippen molar-refractivity contribution in [3.63, 3.8) is 0 Å². The largest absolute Gasteiger partial charge is 0.396 e. The molecule has 1 N–H and O–H groups in total. The van der Waals surface area contributed by atoms with E-state index in [9.17, 15) is 0 Å². The first-order chi connectivity index (χ1) is 5.85. The highest BCUT2D eigenvalue weighted by molar-refractivity contribution is 4.53. The van der Waals surface area contributed by atoms with E-state index in [1.807, 2.05) is 0 Å². The molecule has 0 bridgehead atoms. The van der Waals surface area contributed by atoms with Crippen LogP contribution in [0.4, 0.5) is 0 Å². The van der Waals surface area contributed by atoms with E-state index >= 15 is 0 Å². The minimum Gasteiger partial charge on any atom is -0.396 e. The topological polar surface area (TPSA) is 38.7 Å². The lowest BCUT2D eigenvalue weighted by Gasteiger charge is -2.10. The van der Waals surface area contributed by atoms with Gasteiger partial charge in [-0.15, -0.1) is 0 Å². The van der Waals surface area contributed by atoms with Crippen molar-refractivity contribution in [2.45, 2.75) is 19.8 Å². The zero-order valence-electron chi connectivity index (χ0n) is 8.08. The lowest BCUT2D eigenvalue weighted by molar-refractivity contribution is 0.0584. The molecule has 1 unspecified atom stereocenters. The maximum absolute atomic E-state index is 8.85. The maximum atomic E-state index is 8.85. The molecule has 0 aliphatic carbocycles. The van der Waals surface area contributed by atoms with Gasteiger partial charge in [0.25, 0.3) is 0 Å².